The van der Waals surface area contributed by atoms with Gasteiger partial charge in [-0.05, 0) is 24.7 Å². The van der Waals surface area contributed by atoms with Crippen molar-refractivity contribution >= 4 is 6.09 Å². The summed E-state index contributed by atoms with van der Waals surface area (Å²) in [6, 6.07) is 0. The number of hydrogen-bond acceptors (Lipinski definition) is 2. The molecule has 0 heterocycles. The number of hydrogen-bond donors (Lipinski definition) is 1. The lowest BCUT2D eigenvalue weighted by molar-refractivity contribution is 0.161. The van der Waals surface area contributed by atoms with Crippen molar-refractivity contribution in [2.24, 2.45) is 5.41 Å². The normalized spacial score (nSPS) is 19.8. The van der Waals surface area contributed by atoms with Gasteiger partial charge in [0.25, 0.3) is 0 Å². The van der Waals surface area contributed by atoms with Crippen LogP contribution in [0, 0.1) is 5.41 Å². The first-order valence-corrected chi connectivity index (χ1v) is 5.04. The first kappa shape index (κ1) is 10.4. The van der Waals surface area contributed by atoms with Crippen molar-refractivity contribution in [3.05, 3.63) is 0 Å². The van der Waals surface area contributed by atoms with Crippen LogP contribution in [0.15, 0.2) is 0 Å². The van der Waals surface area contributed by atoms with Crippen LogP contribution in [0.4, 0.5) is 4.79 Å². The van der Waals surface area contributed by atoms with E-state index in [1.807, 2.05) is 0 Å². The second-order valence-corrected chi connectivity index (χ2v) is 3.91. The SMILES string of the molecule is CCC1(CNC(=O)OC)CCCC1. The molecule has 1 aliphatic carbocycles. The third-order valence-electron chi connectivity index (χ3n) is 3.21. The van der Waals surface area contributed by atoms with Crippen LogP contribution in [0.5, 0.6) is 0 Å². The van der Waals surface area contributed by atoms with Gasteiger partial charge in [0.1, 0.15) is 0 Å². The van der Waals surface area contributed by atoms with Crippen molar-refractivity contribution < 1.29 is 9.53 Å². The van der Waals surface area contributed by atoms with Crippen LogP contribution >= 0.6 is 0 Å². The molecule has 1 amide bonds. The molecule has 0 bridgehead atoms. The van der Waals surface area contributed by atoms with Crippen molar-refractivity contribution in [3.63, 3.8) is 0 Å². The van der Waals surface area contributed by atoms with Crippen LogP contribution in [0.25, 0.3) is 0 Å². The Kier molecular flexibility index (Phi) is 3.58. The highest BCUT2D eigenvalue weighted by molar-refractivity contribution is 5.66. The summed E-state index contributed by atoms with van der Waals surface area (Å²) in [5.41, 5.74) is 0.355. The minimum absolute atomic E-state index is 0.306. The van der Waals surface area contributed by atoms with E-state index in [9.17, 15) is 4.79 Å². The van der Waals surface area contributed by atoms with Gasteiger partial charge in [-0.3, -0.25) is 0 Å². The van der Waals surface area contributed by atoms with Gasteiger partial charge >= 0.3 is 6.09 Å². The number of rotatable bonds is 3. The van der Waals surface area contributed by atoms with Crippen LogP contribution in [0.1, 0.15) is 39.0 Å². The summed E-state index contributed by atoms with van der Waals surface area (Å²) in [5, 5.41) is 2.80. The largest absolute Gasteiger partial charge is 0.453 e. The quantitative estimate of drug-likeness (QED) is 0.732. The van der Waals surface area contributed by atoms with E-state index in [1.54, 1.807) is 0 Å². The molecule has 3 nitrogen and oxygen atoms in total. The molecule has 1 rings (SSSR count). The van der Waals surface area contributed by atoms with Gasteiger partial charge in [0, 0.05) is 6.54 Å². The Balaban J connectivity index is 2.35. The molecule has 13 heavy (non-hydrogen) atoms. The summed E-state index contributed by atoms with van der Waals surface area (Å²) in [6.07, 6.45) is 5.94. The lowest BCUT2D eigenvalue weighted by Crippen LogP contribution is -2.35. The topological polar surface area (TPSA) is 38.3 Å². The van der Waals surface area contributed by atoms with Gasteiger partial charge < -0.3 is 10.1 Å². The number of nitrogens with one attached hydrogen (secondary N) is 1. The standard InChI is InChI=1S/C10H19NO2/c1-3-10(6-4-5-7-10)8-11-9(12)13-2/h3-8H2,1-2H3,(H,11,12). The molecular weight excluding hydrogens is 166 g/mol. The maximum absolute atomic E-state index is 10.9. The smallest absolute Gasteiger partial charge is 0.406 e. The molecule has 0 unspecified atom stereocenters. The zero-order valence-corrected chi connectivity index (χ0v) is 8.56. The molecule has 1 N–H and O–H groups in total. The lowest BCUT2D eigenvalue weighted by Gasteiger charge is -2.27. The van der Waals surface area contributed by atoms with Crippen molar-refractivity contribution in [2.75, 3.05) is 13.7 Å². The predicted octanol–water partition coefficient (Wildman–Crippen LogP) is 2.31. The van der Waals surface area contributed by atoms with Crippen molar-refractivity contribution in [2.45, 2.75) is 39.0 Å². The van der Waals surface area contributed by atoms with E-state index < -0.39 is 0 Å². The van der Waals surface area contributed by atoms with Crippen LogP contribution in [-0.4, -0.2) is 19.7 Å². The fourth-order valence-electron chi connectivity index (χ4n) is 2.11. The van der Waals surface area contributed by atoms with E-state index in [1.165, 1.54) is 32.8 Å². The highest BCUT2D eigenvalue weighted by Crippen LogP contribution is 2.40. The second kappa shape index (κ2) is 4.49. The molecule has 0 radical (unpaired) electrons. The van der Waals surface area contributed by atoms with Crippen LogP contribution in [0.2, 0.25) is 0 Å². The molecule has 1 saturated carbocycles. The average Bonchev–Trinajstić information content (AvgIpc) is 2.63. The average molecular weight is 185 g/mol. The predicted molar refractivity (Wildman–Crippen MR) is 51.6 cm³/mol. The summed E-state index contributed by atoms with van der Waals surface area (Å²) in [6.45, 7) is 2.97. The highest BCUT2D eigenvalue weighted by atomic mass is 16.5. The van der Waals surface area contributed by atoms with Gasteiger partial charge in [0.15, 0.2) is 0 Å². The Morgan fingerprint density at radius 1 is 1.46 bits per heavy atom. The Bertz CT molecular complexity index is 174. The van der Waals surface area contributed by atoms with E-state index in [0.717, 1.165) is 13.0 Å². The number of methoxy groups -OCH3 is 1. The monoisotopic (exact) mass is 185 g/mol. The summed E-state index contributed by atoms with van der Waals surface area (Å²) < 4.78 is 4.55. The van der Waals surface area contributed by atoms with Gasteiger partial charge in [-0.1, -0.05) is 19.8 Å². The first-order valence-electron chi connectivity index (χ1n) is 5.04. The molecule has 0 atom stereocenters. The minimum atomic E-state index is -0.306. The summed E-state index contributed by atoms with van der Waals surface area (Å²) in [4.78, 5) is 10.9. The molecule has 76 valence electrons. The molecule has 0 spiro atoms. The fourth-order valence-corrected chi connectivity index (χ4v) is 2.11. The van der Waals surface area contributed by atoms with E-state index in [0.29, 0.717) is 5.41 Å². The van der Waals surface area contributed by atoms with E-state index in [-0.39, 0.29) is 6.09 Å². The zero-order valence-electron chi connectivity index (χ0n) is 8.56. The number of carbonyl (C=O) groups is 1. The number of carbonyl (C=O) groups excluding carboxylic acids is 1. The lowest BCUT2D eigenvalue weighted by atomic mass is 9.83. The Morgan fingerprint density at radius 2 is 2.08 bits per heavy atom. The molecule has 1 aliphatic rings. The summed E-state index contributed by atoms with van der Waals surface area (Å²) in [7, 11) is 1.41. The van der Waals surface area contributed by atoms with Crippen LogP contribution in [0.3, 0.4) is 0 Å². The zero-order chi connectivity index (χ0) is 9.73. The van der Waals surface area contributed by atoms with Crippen molar-refractivity contribution in [1.29, 1.82) is 0 Å². The van der Waals surface area contributed by atoms with Gasteiger partial charge in [0.05, 0.1) is 7.11 Å². The number of alkyl carbamates (subject to hydrolysis) is 1. The summed E-state index contributed by atoms with van der Waals surface area (Å²) >= 11 is 0. The van der Waals surface area contributed by atoms with E-state index >= 15 is 0 Å². The molecule has 1 fully saturated rings. The first-order chi connectivity index (χ1) is 6.22. The highest BCUT2D eigenvalue weighted by Gasteiger charge is 2.32. The number of ether oxygens (including phenoxy) is 1. The maximum Gasteiger partial charge on any atom is 0.406 e. The van der Waals surface area contributed by atoms with Crippen molar-refractivity contribution in [3.8, 4) is 0 Å². The minimum Gasteiger partial charge on any atom is -0.453 e. The molecule has 0 aromatic rings. The summed E-state index contributed by atoms with van der Waals surface area (Å²) in [5.74, 6) is 0. The molecule has 0 aliphatic heterocycles. The maximum atomic E-state index is 10.9. The fraction of sp³-hybridized carbons (Fsp3) is 0.900. The molecular formula is C10H19NO2. The third-order valence-corrected chi connectivity index (χ3v) is 3.21. The molecule has 3 heteroatoms. The van der Waals surface area contributed by atoms with Crippen molar-refractivity contribution in [1.82, 2.24) is 5.32 Å². The van der Waals surface area contributed by atoms with Crippen LogP contribution in [-0.2, 0) is 4.74 Å². The van der Waals surface area contributed by atoms with Gasteiger partial charge in [-0.2, -0.15) is 0 Å². The Labute approximate surface area is 79.8 Å². The van der Waals surface area contributed by atoms with E-state index in [4.69, 9.17) is 0 Å². The van der Waals surface area contributed by atoms with Gasteiger partial charge in [0.2, 0.25) is 0 Å². The Hall–Kier alpha value is -0.730. The molecule has 0 aromatic carbocycles. The van der Waals surface area contributed by atoms with Crippen LogP contribution < -0.4 is 5.32 Å². The molecule has 0 aromatic heterocycles. The Morgan fingerprint density at radius 3 is 2.54 bits per heavy atom. The van der Waals surface area contributed by atoms with E-state index in [2.05, 4.69) is 17.0 Å². The number of amides is 1. The second-order valence-electron chi connectivity index (χ2n) is 3.91. The molecule has 0 saturated heterocycles. The third kappa shape index (κ3) is 2.61. The van der Waals surface area contributed by atoms with Gasteiger partial charge in [-0.15, -0.1) is 0 Å². The van der Waals surface area contributed by atoms with Gasteiger partial charge in [-0.25, -0.2) is 4.79 Å².